The first kappa shape index (κ1) is 17.4. The number of carboxylic acid groups (broad SMARTS) is 1. The van der Waals surface area contributed by atoms with E-state index in [1.54, 1.807) is 24.3 Å². The summed E-state index contributed by atoms with van der Waals surface area (Å²) in [6.07, 6.45) is 2.10. The number of carbonyl (C=O) groups is 1. The number of benzene rings is 1. The van der Waals surface area contributed by atoms with Gasteiger partial charge in [-0.2, -0.15) is 17.8 Å². The topological polar surface area (TPSA) is 114 Å². The van der Waals surface area contributed by atoms with E-state index < -0.39 is 16.2 Å². The van der Waals surface area contributed by atoms with Crippen LogP contribution in [0.3, 0.4) is 0 Å². The maximum Gasteiger partial charge on any atom is 0.356 e. The van der Waals surface area contributed by atoms with Crippen LogP contribution in [-0.4, -0.2) is 59.9 Å². The van der Waals surface area contributed by atoms with E-state index in [2.05, 4.69) is 9.82 Å². The molecule has 25 heavy (non-hydrogen) atoms. The lowest BCUT2D eigenvalue weighted by Gasteiger charge is -2.21. The average Bonchev–Trinajstić information content (AvgIpc) is 2.90. The molecule has 1 aliphatic heterocycles. The lowest BCUT2D eigenvalue weighted by atomic mass is 10.3. The van der Waals surface area contributed by atoms with Crippen LogP contribution in [0.5, 0.6) is 0 Å². The first-order chi connectivity index (χ1) is 12.0. The number of aromatic nitrogens is 2. The van der Waals surface area contributed by atoms with E-state index in [0.29, 0.717) is 37.6 Å². The van der Waals surface area contributed by atoms with Gasteiger partial charge in [0.1, 0.15) is 0 Å². The van der Waals surface area contributed by atoms with Gasteiger partial charge < -0.3 is 9.84 Å². The molecule has 1 aliphatic rings. The van der Waals surface area contributed by atoms with Gasteiger partial charge in [0.25, 0.3) is 0 Å². The maximum absolute atomic E-state index is 12.6. The zero-order valence-corrected chi connectivity index (χ0v) is 14.1. The molecule has 1 fully saturated rings. The van der Waals surface area contributed by atoms with E-state index >= 15 is 0 Å². The summed E-state index contributed by atoms with van der Waals surface area (Å²) in [4.78, 5) is 11.0. The van der Waals surface area contributed by atoms with E-state index in [-0.39, 0.29) is 12.2 Å². The van der Waals surface area contributed by atoms with Crippen LogP contribution in [0.15, 0.2) is 36.5 Å². The van der Waals surface area contributed by atoms with Crippen molar-refractivity contribution in [3.05, 3.63) is 42.2 Å². The summed E-state index contributed by atoms with van der Waals surface area (Å²) in [7, 11) is -3.75. The molecule has 0 unspecified atom stereocenters. The molecule has 0 spiro atoms. The number of nitrogens with one attached hydrogen (secondary N) is 1. The average molecular weight is 366 g/mol. The second-order valence-electron chi connectivity index (χ2n) is 5.44. The molecule has 1 saturated heterocycles. The fourth-order valence-electron chi connectivity index (χ4n) is 2.50. The predicted octanol–water partition coefficient (Wildman–Crippen LogP) is 0.949. The number of ether oxygens (including phenoxy) is 1. The van der Waals surface area contributed by atoms with E-state index in [9.17, 15) is 13.2 Å². The second-order valence-corrected chi connectivity index (χ2v) is 7.11. The largest absolute Gasteiger partial charge is 0.476 e. The van der Waals surface area contributed by atoms with Gasteiger partial charge in [0.15, 0.2) is 5.69 Å². The van der Waals surface area contributed by atoms with Gasteiger partial charge in [-0.1, -0.05) is 12.1 Å². The van der Waals surface area contributed by atoms with Gasteiger partial charge in [-0.3, -0.25) is 4.72 Å². The summed E-state index contributed by atoms with van der Waals surface area (Å²) in [5.41, 5.74) is 0.625. The van der Waals surface area contributed by atoms with Crippen molar-refractivity contribution in [2.24, 2.45) is 0 Å². The molecule has 134 valence electrons. The maximum atomic E-state index is 12.6. The molecule has 10 heteroatoms. The van der Waals surface area contributed by atoms with Crippen molar-refractivity contribution in [2.75, 3.05) is 31.0 Å². The Balaban J connectivity index is 1.88. The molecule has 2 heterocycles. The molecule has 0 saturated carbocycles. The standard InChI is InChI=1S/C15H18N4O5S/c20-15(21)13-6-8-19(16-13)14-5-2-1-4-12(14)17-25(22,23)18-7-3-10-24-11-9-18/h1-2,4-6,8,17H,3,7,9-11H2,(H,20,21). The molecule has 1 aromatic carbocycles. The van der Waals surface area contributed by atoms with Gasteiger partial charge in [0, 0.05) is 25.9 Å². The molecule has 0 bridgehead atoms. The van der Waals surface area contributed by atoms with Crippen molar-refractivity contribution in [1.82, 2.24) is 14.1 Å². The van der Waals surface area contributed by atoms with Gasteiger partial charge in [-0.15, -0.1) is 0 Å². The third-order valence-electron chi connectivity index (χ3n) is 3.72. The molecule has 0 radical (unpaired) electrons. The van der Waals surface area contributed by atoms with Crippen LogP contribution in [0.2, 0.25) is 0 Å². The Morgan fingerprint density at radius 3 is 2.76 bits per heavy atom. The highest BCUT2D eigenvalue weighted by molar-refractivity contribution is 7.90. The molecule has 2 N–H and O–H groups in total. The van der Waals surface area contributed by atoms with Crippen LogP contribution < -0.4 is 4.72 Å². The smallest absolute Gasteiger partial charge is 0.356 e. The Kier molecular flexibility index (Phi) is 5.02. The summed E-state index contributed by atoms with van der Waals surface area (Å²) in [5, 5.41) is 12.9. The molecule has 9 nitrogen and oxygen atoms in total. The minimum atomic E-state index is -3.75. The molecule has 0 atom stereocenters. The number of anilines is 1. The summed E-state index contributed by atoms with van der Waals surface area (Å²) < 4.78 is 35.8. The van der Waals surface area contributed by atoms with Crippen LogP contribution in [-0.2, 0) is 14.9 Å². The van der Waals surface area contributed by atoms with Gasteiger partial charge in [-0.25, -0.2) is 9.48 Å². The van der Waals surface area contributed by atoms with Gasteiger partial charge >= 0.3 is 16.2 Å². The molecule has 0 aliphatic carbocycles. The van der Waals surface area contributed by atoms with Gasteiger partial charge in [0.05, 0.1) is 18.0 Å². The monoisotopic (exact) mass is 366 g/mol. The Hall–Kier alpha value is -2.43. The zero-order chi connectivity index (χ0) is 17.9. The van der Waals surface area contributed by atoms with E-state index in [0.717, 1.165) is 0 Å². The first-order valence-corrected chi connectivity index (χ1v) is 9.15. The highest BCUT2D eigenvalue weighted by Gasteiger charge is 2.24. The molecule has 2 aromatic rings. The Morgan fingerprint density at radius 2 is 2.00 bits per heavy atom. The third-order valence-corrected chi connectivity index (χ3v) is 5.24. The highest BCUT2D eigenvalue weighted by Crippen LogP contribution is 2.22. The Labute approximate surface area is 145 Å². The van der Waals surface area contributed by atoms with E-state index in [4.69, 9.17) is 9.84 Å². The molecule has 0 amide bonds. The minimum absolute atomic E-state index is 0.123. The quantitative estimate of drug-likeness (QED) is 0.814. The normalized spacial score (nSPS) is 16.3. The van der Waals surface area contributed by atoms with Crippen molar-refractivity contribution >= 4 is 21.9 Å². The van der Waals surface area contributed by atoms with Crippen LogP contribution in [0.4, 0.5) is 5.69 Å². The summed E-state index contributed by atoms with van der Waals surface area (Å²) >= 11 is 0. The summed E-state index contributed by atoms with van der Waals surface area (Å²) in [6, 6.07) is 8.01. The van der Waals surface area contributed by atoms with Crippen molar-refractivity contribution < 1.29 is 23.1 Å². The number of hydrogen-bond acceptors (Lipinski definition) is 5. The predicted molar refractivity (Wildman–Crippen MR) is 90.1 cm³/mol. The van der Waals surface area contributed by atoms with Crippen molar-refractivity contribution in [2.45, 2.75) is 6.42 Å². The molecular weight excluding hydrogens is 348 g/mol. The SMILES string of the molecule is O=C(O)c1ccn(-c2ccccc2NS(=O)(=O)N2CCCOCC2)n1. The number of para-hydroxylation sites is 2. The number of hydrogen-bond donors (Lipinski definition) is 2. The molecular formula is C15H18N4O5S. The number of aromatic carboxylic acids is 1. The van der Waals surface area contributed by atoms with Crippen molar-refractivity contribution in [1.29, 1.82) is 0 Å². The summed E-state index contributed by atoms with van der Waals surface area (Å²) in [6.45, 7) is 1.54. The number of rotatable bonds is 5. The third kappa shape index (κ3) is 3.98. The van der Waals surface area contributed by atoms with Crippen LogP contribution >= 0.6 is 0 Å². The first-order valence-electron chi connectivity index (χ1n) is 7.71. The molecule has 1 aromatic heterocycles. The van der Waals surface area contributed by atoms with Gasteiger partial charge in [-0.05, 0) is 24.6 Å². The fourth-order valence-corrected chi connectivity index (χ4v) is 3.76. The zero-order valence-electron chi connectivity index (χ0n) is 13.3. The second kappa shape index (κ2) is 7.21. The van der Waals surface area contributed by atoms with Crippen LogP contribution in [0, 0.1) is 0 Å². The van der Waals surface area contributed by atoms with E-state index in [1.165, 1.54) is 21.3 Å². The number of nitrogens with zero attached hydrogens (tertiary/aromatic N) is 3. The van der Waals surface area contributed by atoms with Gasteiger partial charge in [0.2, 0.25) is 0 Å². The van der Waals surface area contributed by atoms with Crippen molar-refractivity contribution in [3.63, 3.8) is 0 Å². The van der Waals surface area contributed by atoms with Crippen molar-refractivity contribution in [3.8, 4) is 5.69 Å². The molecule has 3 rings (SSSR count). The van der Waals surface area contributed by atoms with Crippen LogP contribution in [0.1, 0.15) is 16.9 Å². The Bertz CT molecular complexity index is 856. The lowest BCUT2D eigenvalue weighted by molar-refractivity contribution is 0.0690. The Morgan fingerprint density at radius 1 is 1.20 bits per heavy atom. The highest BCUT2D eigenvalue weighted by atomic mass is 32.2. The number of carboxylic acids is 1. The lowest BCUT2D eigenvalue weighted by Crippen LogP contribution is -2.37. The van der Waals surface area contributed by atoms with Crippen LogP contribution in [0.25, 0.3) is 5.69 Å². The minimum Gasteiger partial charge on any atom is -0.476 e. The fraction of sp³-hybridized carbons (Fsp3) is 0.333. The van der Waals surface area contributed by atoms with E-state index in [1.807, 2.05) is 0 Å². The summed E-state index contributed by atoms with van der Waals surface area (Å²) in [5.74, 6) is -1.15.